The first-order chi connectivity index (χ1) is 16.9. The first-order valence-electron chi connectivity index (χ1n) is 12.0. The van der Waals surface area contributed by atoms with Gasteiger partial charge in [0, 0.05) is 18.5 Å². The number of nitrogens with zero attached hydrogens (tertiary/aromatic N) is 1. The molecule has 35 heavy (non-hydrogen) atoms. The fraction of sp³-hybridized carbons (Fsp3) is 0.444. The van der Waals surface area contributed by atoms with Crippen molar-refractivity contribution in [2.24, 2.45) is 5.92 Å². The summed E-state index contributed by atoms with van der Waals surface area (Å²) < 4.78 is 5.66. The first kappa shape index (κ1) is 25.1. The summed E-state index contributed by atoms with van der Waals surface area (Å²) in [5.74, 6) is -0.777. The van der Waals surface area contributed by atoms with E-state index in [0.29, 0.717) is 31.6 Å². The van der Waals surface area contributed by atoms with Crippen LogP contribution in [0.25, 0.3) is 11.1 Å². The number of carbonyl (C=O) groups excluding carboxylic acids is 2. The van der Waals surface area contributed by atoms with Gasteiger partial charge in [0.15, 0.2) is 0 Å². The highest BCUT2D eigenvalue weighted by Gasteiger charge is 2.36. The van der Waals surface area contributed by atoms with E-state index in [9.17, 15) is 19.5 Å². The van der Waals surface area contributed by atoms with Crippen molar-refractivity contribution < 1.29 is 24.2 Å². The molecule has 1 aliphatic heterocycles. The number of nitrogens with one attached hydrogen (secondary N) is 1. The van der Waals surface area contributed by atoms with Gasteiger partial charge in [-0.3, -0.25) is 9.59 Å². The zero-order chi connectivity index (χ0) is 24.9. The molecular weight excluding hydrogens is 464 g/mol. The lowest BCUT2D eigenvalue weighted by Gasteiger charge is -2.38. The average Bonchev–Trinajstić information content (AvgIpc) is 3.18. The second-order valence-electron chi connectivity index (χ2n) is 9.24. The van der Waals surface area contributed by atoms with Crippen molar-refractivity contribution in [3.05, 3.63) is 59.7 Å². The summed E-state index contributed by atoms with van der Waals surface area (Å²) in [4.78, 5) is 39.2. The molecule has 2 aliphatic rings. The van der Waals surface area contributed by atoms with Crippen LogP contribution in [0.2, 0.25) is 0 Å². The van der Waals surface area contributed by atoms with Gasteiger partial charge in [0.2, 0.25) is 5.91 Å². The fourth-order valence-corrected chi connectivity index (χ4v) is 5.67. The van der Waals surface area contributed by atoms with E-state index in [1.807, 2.05) is 37.4 Å². The van der Waals surface area contributed by atoms with E-state index in [4.69, 9.17) is 4.74 Å². The summed E-state index contributed by atoms with van der Waals surface area (Å²) in [7, 11) is 0. The molecule has 2 amide bonds. The minimum atomic E-state index is -0.820. The Balaban J connectivity index is 1.40. The number of rotatable bonds is 8. The van der Waals surface area contributed by atoms with Crippen molar-refractivity contribution in [2.45, 2.75) is 44.2 Å². The minimum Gasteiger partial charge on any atom is -0.481 e. The molecule has 0 radical (unpaired) electrons. The number of carboxylic acids is 1. The van der Waals surface area contributed by atoms with Gasteiger partial charge in [0.1, 0.15) is 12.6 Å². The normalized spacial score (nSPS) is 20.0. The predicted octanol–water partition coefficient (Wildman–Crippen LogP) is 4.36. The number of ether oxygens (including phenoxy) is 1. The molecule has 3 atom stereocenters. The molecule has 0 spiro atoms. The predicted molar refractivity (Wildman–Crippen MR) is 137 cm³/mol. The highest BCUT2D eigenvalue weighted by molar-refractivity contribution is 7.98. The van der Waals surface area contributed by atoms with Gasteiger partial charge in [-0.2, -0.15) is 11.8 Å². The Morgan fingerprint density at radius 1 is 1.11 bits per heavy atom. The van der Waals surface area contributed by atoms with Crippen molar-refractivity contribution in [3.8, 4) is 11.1 Å². The Labute approximate surface area is 210 Å². The van der Waals surface area contributed by atoms with Crippen LogP contribution in [0, 0.1) is 5.92 Å². The third-order valence-corrected chi connectivity index (χ3v) is 7.70. The Kier molecular flexibility index (Phi) is 8.00. The van der Waals surface area contributed by atoms with Gasteiger partial charge in [-0.25, -0.2) is 4.79 Å². The molecule has 186 valence electrons. The molecule has 0 bridgehead atoms. The summed E-state index contributed by atoms with van der Waals surface area (Å²) in [6, 6.07) is 15.4. The lowest BCUT2D eigenvalue weighted by atomic mass is 9.91. The monoisotopic (exact) mass is 496 g/mol. The second-order valence-corrected chi connectivity index (χ2v) is 10.2. The van der Waals surface area contributed by atoms with E-state index < -0.39 is 24.0 Å². The van der Waals surface area contributed by atoms with E-state index in [1.165, 1.54) is 0 Å². The number of fused-ring (bicyclic) bond motifs is 3. The van der Waals surface area contributed by atoms with Crippen molar-refractivity contribution >= 4 is 29.7 Å². The van der Waals surface area contributed by atoms with Crippen LogP contribution < -0.4 is 5.32 Å². The van der Waals surface area contributed by atoms with Crippen molar-refractivity contribution in [2.75, 3.05) is 25.2 Å². The summed E-state index contributed by atoms with van der Waals surface area (Å²) in [6.45, 7) is 2.43. The third kappa shape index (κ3) is 5.48. The summed E-state index contributed by atoms with van der Waals surface area (Å²) in [5.41, 5.74) is 4.58. The lowest BCUT2D eigenvalue weighted by molar-refractivity contribution is -0.148. The van der Waals surface area contributed by atoms with Crippen LogP contribution in [0.5, 0.6) is 0 Å². The van der Waals surface area contributed by atoms with Crippen molar-refractivity contribution in [1.82, 2.24) is 10.2 Å². The van der Waals surface area contributed by atoms with Crippen LogP contribution in [-0.4, -0.2) is 65.2 Å². The molecule has 8 heteroatoms. The van der Waals surface area contributed by atoms with Crippen LogP contribution in [0.4, 0.5) is 4.79 Å². The molecule has 2 N–H and O–H groups in total. The number of aliphatic carboxylic acids is 1. The fourth-order valence-electron chi connectivity index (χ4n) is 5.20. The maximum absolute atomic E-state index is 13.3. The molecule has 0 saturated carbocycles. The molecule has 1 fully saturated rings. The zero-order valence-electron chi connectivity index (χ0n) is 20.1. The molecule has 0 aromatic heterocycles. The minimum absolute atomic E-state index is 0.0523. The number of likely N-dealkylation sites (tertiary alicyclic amines) is 1. The Bertz CT molecular complexity index is 1050. The number of benzene rings is 2. The standard InChI is InChI=1S/C27H32N2O5S/c1-17-15-18(26(31)32)11-13-29(17)25(30)24(12-14-35-2)28-27(33)34-16-23-21-9-5-3-7-19(21)20-8-4-6-10-22(20)23/h3-10,17-18,23-24H,11-16H2,1-2H3,(H,28,33)(H,31,32)/t17-,18-,24-/m0/s1. The van der Waals surface area contributed by atoms with Gasteiger partial charge in [-0.1, -0.05) is 48.5 Å². The van der Waals surface area contributed by atoms with E-state index in [0.717, 1.165) is 22.3 Å². The molecular formula is C27H32N2O5S. The largest absolute Gasteiger partial charge is 0.481 e. The molecule has 1 aliphatic carbocycles. The van der Waals surface area contributed by atoms with Crippen LogP contribution in [0.3, 0.4) is 0 Å². The average molecular weight is 497 g/mol. The van der Waals surface area contributed by atoms with E-state index in [2.05, 4.69) is 29.6 Å². The summed E-state index contributed by atoms with van der Waals surface area (Å²) in [5, 5.41) is 12.1. The number of hydrogen-bond acceptors (Lipinski definition) is 5. The highest BCUT2D eigenvalue weighted by Crippen LogP contribution is 2.44. The number of thioether (sulfide) groups is 1. The number of amides is 2. The van der Waals surface area contributed by atoms with Crippen LogP contribution >= 0.6 is 11.8 Å². The maximum atomic E-state index is 13.3. The number of hydrogen-bond donors (Lipinski definition) is 2. The topological polar surface area (TPSA) is 95.9 Å². The molecule has 7 nitrogen and oxygen atoms in total. The van der Waals surface area contributed by atoms with Gasteiger partial charge in [-0.15, -0.1) is 0 Å². The van der Waals surface area contributed by atoms with Gasteiger partial charge in [0.05, 0.1) is 5.92 Å². The molecule has 0 unspecified atom stereocenters. The molecule has 1 saturated heterocycles. The number of carboxylic acid groups (broad SMARTS) is 1. The smallest absolute Gasteiger partial charge is 0.407 e. The quantitative estimate of drug-likeness (QED) is 0.564. The van der Waals surface area contributed by atoms with E-state index >= 15 is 0 Å². The Morgan fingerprint density at radius 2 is 1.74 bits per heavy atom. The zero-order valence-corrected chi connectivity index (χ0v) is 20.9. The van der Waals surface area contributed by atoms with E-state index in [-0.39, 0.29) is 24.5 Å². The summed E-state index contributed by atoms with van der Waals surface area (Å²) in [6.07, 6.45) is 2.66. The van der Waals surface area contributed by atoms with Crippen molar-refractivity contribution in [1.29, 1.82) is 0 Å². The lowest BCUT2D eigenvalue weighted by Crippen LogP contribution is -2.54. The first-order valence-corrected chi connectivity index (χ1v) is 13.4. The van der Waals surface area contributed by atoms with Gasteiger partial charge < -0.3 is 20.1 Å². The summed E-state index contributed by atoms with van der Waals surface area (Å²) >= 11 is 1.60. The molecule has 4 rings (SSSR count). The van der Waals surface area contributed by atoms with E-state index in [1.54, 1.807) is 16.7 Å². The second kappa shape index (κ2) is 11.2. The molecule has 2 aromatic carbocycles. The SMILES string of the molecule is CSCC[C@H](NC(=O)OCC1c2ccccc2-c2ccccc21)C(=O)N1CC[C@H](C(=O)O)C[C@@H]1C. The molecule has 2 aromatic rings. The Morgan fingerprint density at radius 3 is 2.31 bits per heavy atom. The number of alkyl carbamates (subject to hydrolysis) is 1. The maximum Gasteiger partial charge on any atom is 0.407 e. The van der Waals surface area contributed by atoms with Crippen molar-refractivity contribution in [3.63, 3.8) is 0 Å². The highest BCUT2D eigenvalue weighted by atomic mass is 32.2. The Hall–Kier alpha value is -3.00. The van der Waals surface area contributed by atoms with Gasteiger partial charge in [-0.05, 0) is 60.4 Å². The number of piperidine rings is 1. The van der Waals surface area contributed by atoms with Crippen LogP contribution in [-0.2, 0) is 14.3 Å². The molecule has 1 heterocycles. The third-order valence-electron chi connectivity index (χ3n) is 7.05. The van der Waals surface area contributed by atoms with Crippen LogP contribution in [0.1, 0.15) is 43.2 Å². The van der Waals surface area contributed by atoms with Gasteiger partial charge in [0.25, 0.3) is 0 Å². The number of carbonyl (C=O) groups is 3. The van der Waals surface area contributed by atoms with Crippen LogP contribution in [0.15, 0.2) is 48.5 Å². The van der Waals surface area contributed by atoms with Gasteiger partial charge >= 0.3 is 12.1 Å².